The molecule has 7 heteroatoms. The Bertz CT molecular complexity index is 896. The molecule has 2 aliphatic heterocycles. The maximum atomic E-state index is 12.1. The minimum absolute atomic E-state index is 0.0490. The van der Waals surface area contributed by atoms with Crippen LogP contribution >= 0.6 is 0 Å². The van der Waals surface area contributed by atoms with Gasteiger partial charge in [0, 0.05) is 37.5 Å². The summed E-state index contributed by atoms with van der Waals surface area (Å²) in [6, 6.07) is 6.68. The number of hydrogen-bond acceptors (Lipinski definition) is 6. The van der Waals surface area contributed by atoms with Crippen LogP contribution in [0.3, 0.4) is 0 Å². The summed E-state index contributed by atoms with van der Waals surface area (Å²) in [4.78, 5) is 18.9. The molecule has 1 fully saturated rings. The SMILES string of the molecule is C=C/C(CCCCO[C@@H]1CCN(C(C(=O)O)c2ccccc2OCC)C1)=N\C1=C(C)CCCN1. The van der Waals surface area contributed by atoms with Crippen molar-refractivity contribution in [2.24, 2.45) is 4.99 Å². The van der Waals surface area contributed by atoms with Gasteiger partial charge in [0.25, 0.3) is 0 Å². The number of aliphatic imine (C=N–C) groups is 1. The third kappa shape index (κ3) is 7.18. The number of ether oxygens (including phenoxy) is 2. The van der Waals surface area contributed by atoms with Crippen molar-refractivity contribution in [3.8, 4) is 5.75 Å². The van der Waals surface area contributed by atoms with E-state index in [1.165, 1.54) is 5.57 Å². The highest BCUT2D eigenvalue weighted by molar-refractivity contribution is 5.95. The van der Waals surface area contributed by atoms with E-state index in [1.807, 2.05) is 42.2 Å². The Morgan fingerprint density at radius 3 is 2.94 bits per heavy atom. The summed E-state index contributed by atoms with van der Waals surface area (Å²) in [5.41, 5.74) is 3.02. The number of carboxylic acids is 1. The molecule has 0 aromatic heterocycles. The van der Waals surface area contributed by atoms with E-state index in [9.17, 15) is 9.90 Å². The molecule has 186 valence electrons. The van der Waals surface area contributed by atoms with Gasteiger partial charge in [-0.1, -0.05) is 24.8 Å². The number of likely N-dealkylation sites (tertiary alicyclic amines) is 1. The molecule has 7 nitrogen and oxygen atoms in total. The number of nitrogens with one attached hydrogen (secondary N) is 1. The summed E-state index contributed by atoms with van der Waals surface area (Å²) in [7, 11) is 0. The number of para-hydroxylation sites is 1. The van der Waals surface area contributed by atoms with E-state index in [-0.39, 0.29) is 6.10 Å². The smallest absolute Gasteiger partial charge is 0.325 e. The Morgan fingerprint density at radius 1 is 1.38 bits per heavy atom. The molecule has 34 heavy (non-hydrogen) atoms. The lowest BCUT2D eigenvalue weighted by Crippen LogP contribution is -2.33. The third-order valence-electron chi connectivity index (χ3n) is 6.39. The predicted molar refractivity (Wildman–Crippen MR) is 135 cm³/mol. The minimum atomic E-state index is -0.859. The molecule has 0 aliphatic carbocycles. The fourth-order valence-electron chi connectivity index (χ4n) is 4.57. The second-order valence-corrected chi connectivity index (χ2v) is 8.91. The van der Waals surface area contributed by atoms with Crippen LogP contribution in [0.2, 0.25) is 0 Å². The Hall–Kier alpha value is -2.64. The Kier molecular flexibility index (Phi) is 10.2. The maximum absolute atomic E-state index is 12.1. The summed E-state index contributed by atoms with van der Waals surface area (Å²) in [5, 5.41) is 13.3. The average molecular weight is 470 g/mol. The lowest BCUT2D eigenvalue weighted by Gasteiger charge is -2.26. The lowest BCUT2D eigenvalue weighted by atomic mass is 10.0. The van der Waals surface area contributed by atoms with E-state index >= 15 is 0 Å². The summed E-state index contributed by atoms with van der Waals surface area (Å²) >= 11 is 0. The molecule has 2 aliphatic rings. The lowest BCUT2D eigenvalue weighted by molar-refractivity contribution is -0.143. The van der Waals surface area contributed by atoms with Crippen LogP contribution in [0.4, 0.5) is 0 Å². The third-order valence-corrected chi connectivity index (χ3v) is 6.39. The number of carbonyl (C=O) groups is 1. The van der Waals surface area contributed by atoms with E-state index in [0.29, 0.717) is 37.6 Å². The molecule has 0 saturated carbocycles. The van der Waals surface area contributed by atoms with Gasteiger partial charge < -0.3 is 19.9 Å². The molecule has 1 saturated heterocycles. The van der Waals surface area contributed by atoms with Crippen LogP contribution in [0.25, 0.3) is 0 Å². The predicted octanol–water partition coefficient (Wildman–Crippen LogP) is 4.71. The molecule has 0 radical (unpaired) electrons. The van der Waals surface area contributed by atoms with Crippen LogP contribution in [0.15, 0.2) is 53.3 Å². The number of benzene rings is 1. The number of unbranched alkanes of at least 4 members (excludes halogenated alkanes) is 1. The van der Waals surface area contributed by atoms with E-state index in [4.69, 9.17) is 14.5 Å². The first-order chi connectivity index (χ1) is 16.5. The normalized spacial score (nSPS) is 20.2. The molecule has 1 aromatic rings. The number of carboxylic acid groups (broad SMARTS) is 1. The van der Waals surface area contributed by atoms with Crippen molar-refractivity contribution in [1.29, 1.82) is 0 Å². The molecule has 0 spiro atoms. The van der Waals surface area contributed by atoms with Gasteiger partial charge in [-0.25, -0.2) is 4.99 Å². The van der Waals surface area contributed by atoms with Crippen molar-refractivity contribution in [3.63, 3.8) is 0 Å². The van der Waals surface area contributed by atoms with Gasteiger partial charge in [0.1, 0.15) is 17.6 Å². The fraction of sp³-hybridized carbons (Fsp3) is 0.556. The summed E-state index contributed by atoms with van der Waals surface area (Å²) in [5.74, 6) is 0.778. The summed E-state index contributed by atoms with van der Waals surface area (Å²) < 4.78 is 11.8. The zero-order valence-corrected chi connectivity index (χ0v) is 20.6. The van der Waals surface area contributed by atoms with Crippen molar-refractivity contribution in [2.75, 3.05) is 32.8 Å². The van der Waals surface area contributed by atoms with Crippen molar-refractivity contribution >= 4 is 11.7 Å². The average Bonchev–Trinajstić information content (AvgIpc) is 3.28. The second kappa shape index (κ2) is 13.3. The molecule has 0 bridgehead atoms. The quantitative estimate of drug-likeness (QED) is 0.321. The molecule has 2 atom stereocenters. The first-order valence-corrected chi connectivity index (χ1v) is 12.5. The molecule has 3 rings (SSSR count). The number of allylic oxidation sites excluding steroid dienone is 2. The van der Waals surface area contributed by atoms with Crippen LogP contribution in [0.5, 0.6) is 5.75 Å². The highest BCUT2D eigenvalue weighted by Crippen LogP contribution is 2.32. The Balaban J connectivity index is 1.46. The zero-order chi connectivity index (χ0) is 24.3. The Morgan fingerprint density at radius 2 is 2.21 bits per heavy atom. The molecular formula is C27H39N3O4. The van der Waals surface area contributed by atoms with Crippen molar-refractivity contribution < 1.29 is 19.4 Å². The van der Waals surface area contributed by atoms with E-state index in [2.05, 4.69) is 18.8 Å². The molecule has 0 amide bonds. The van der Waals surface area contributed by atoms with Gasteiger partial charge in [0.2, 0.25) is 0 Å². The van der Waals surface area contributed by atoms with Crippen LogP contribution in [0.1, 0.15) is 64.0 Å². The van der Waals surface area contributed by atoms with Gasteiger partial charge in [-0.05, 0) is 70.1 Å². The van der Waals surface area contributed by atoms with E-state index < -0.39 is 12.0 Å². The van der Waals surface area contributed by atoms with Crippen molar-refractivity contribution in [2.45, 2.75) is 64.5 Å². The van der Waals surface area contributed by atoms with Crippen LogP contribution in [0, 0.1) is 0 Å². The van der Waals surface area contributed by atoms with Gasteiger partial charge in [-0.2, -0.15) is 0 Å². The topological polar surface area (TPSA) is 83.4 Å². The van der Waals surface area contributed by atoms with Crippen molar-refractivity contribution in [1.82, 2.24) is 10.2 Å². The van der Waals surface area contributed by atoms with E-state index in [0.717, 1.165) is 56.6 Å². The van der Waals surface area contributed by atoms with E-state index in [1.54, 1.807) is 0 Å². The molecule has 2 N–H and O–H groups in total. The van der Waals surface area contributed by atoms with Gasteiger partial charge in [-0.15, -0.1) is 0 Å². The zero-order valence-electron chi connectivity index (χ0n) is 20.6. The standard InChI is InChI=1S/C27H39N3O4/c1-4-21(29-26-20(3)11-10-16-28-26)12-8-9-18-34-22-15-17-30(19-22)25(27(31)32)23-13-6-7-14-24(23)33-5-2/h4,6-7,13-14,22,25,28H,1,5,8-12,15-19H2,2-3H3,(H,31,32)/b29-21+/t22-,25?/m1/s1. The van der Waals surface area contributed by atoms with Gasteiger partial charge in [0.15, 0.2) is 0 Å². The largest absolute Gasteiger partial charge is 0.494 e. The number of aliphatic carboxylic acids is 1. The number of rotatable bonds is 13. The molecule has 1 unspecified atom stereocenters. The van der Waals surface area contributed by atoms with Crippen molar-refractivity contribution in [3.05, 3.63) is 53.9 Å². The molecule has 2 heterocycles. The number of nitrogens with zero attached hydrogens (tertiary/aromatic N) is 2. The number of hydrogen-bond donors (Lipinski definition) is 2. The van der Waals surface area contributed by atoms with Gasteiger partial charge >= 0.3 is 5.97 Å². The maximum Gasteiger partial charge on any atom is 0.325 e. The van der Waals surface area contributed by atoms with Crippen LogP contribution < -0.4 is 10.1 Å². The highest BCUT2D eigenvalue weighted by Gasteiger charge is 2.35. The first kappa shape index (κ1) is 26.0. The monoisotopic (exact) mass is 469 g/mol. The van der Waals surface area contributed by atoms with Gasteiger partial charge in [0.05, 0.1) is 12.7 Å². The molecular weight excluding hydrogens is 430 g/mol. The molecule has 1 aromatic carbocycles. The summed E-state index contributed by atoms with van der Waals surface area (Å²) in [6.07, 6.45) is 7.78. The Labute approximate surface area is 203 Å². The minimum Gasteiger partial charge on any atom is -0.494 e. The highest BCUT2D eigenvalue weighted by atomic mass is 16.5. The van der Waals surface area contributed by atoms with Gasteiger partial charge in [-0.3, -0.25) is 9.69 Å². The first-order valence-electron chi connectivity index (χ1n) is 12.5. The van der Waals surface area contributed by atoms with Crippen LogP contribution in [-0.4, -0.2) is 60.6 Å². The fourth-order valence-corrected chi connectivity index (χ4v) is 4.57. The second-order valence-electron chi connectivity index (χ2n) is 8.91. The van der Waals surface area contributed by atoms with Crippen LogP contribution in [-0.2, 0) is 9.53 Å². The summed E-state index contributed by atoms with van der Waals surface area (Å²) in [6.45, 7) is 11.4.